The Morgan fingerprint density at radius 1 is 1.38 bits per heavy atom. The highest BCUT2D eigenvalue weighted by Crippen LogP contribution is 2.18. The lowest BCUT2D eigenvalue weighted by atomic mass is 10.2. The first-order chi connectivity index (χ1) is 7.81. The van der Waals surface area contributed by atoms with Crippen LogP contribution < -0.4 is 5.32 Å². The average molecular weight is 224 g/mol. The van der Waals surface area contributed by atoms with Crippen LogP contribution in [-0.2, 0) is 4.74 Å². The summed E-state index contributed by atoms with van der Waals surface area (Å²) in [4.78, 5) is 2.33. The van der Waals surface area contributed by atoms with Crippen molar-refractivity contribution in [2.45, 2.75) is 24.9 Å². The molecule has 1 N–H and O–H groups in total. The lowest BCUT2D eigenvalue weighted by Crippen LogP contribution is -2.45. The molecule has 0 aromatic carbocycles. The van der Waals surface area contributed by atoms with Gasteiger partial charge in [0, 0.05) is 38.8 Å². The fraction of sp³-hybridized carbons (Fsp3) is 0.692. The van der Waals surface area contributed by atoms with Crippen molar-refractivity contribution < 1.29 is 4.74 Å². The van der Waals surface area contributed by atoms with Crippen molar-refractivity contribution >= 4 is 0 Å². The van der Waals surface area contributed by atoms with Crippen LogP contribution in [0.2, 0.25) is 0 Å². The van der Waals surface area contributed by atoms with Crippen molar-refractivity contribution in [1.82, 2.24) is 10.2 Å². The van der Waals surface area contributed by atoms with E-state index in [1.165, 1.54) is 12.8 Å². The van der Waals surface area contributed by atoms with E-state index in [-0.39, 0.29) is 0 Å². The van der Waals surface area contributed by atoms with Crippen molar-refractivity contribution in [1.29, 1.82) is 0 Å². The summed E-state index contributed by atoms with van der Waals surface area (Å²) in [6, 6.07) is 1.15. The third kappa shape index (κ3) is 4.92. The zero-order chi connectivity index (χ0) is 11.8. The van der Waals surface area contributed by atoms with Crippen molar-refractivity contribution in [3.8, 4) is 0 Å². The Labute approximate surface area is 99.2 Å². The van der Waals surface area contributed by atoms with Crippen molar-refractivity contribution in [3.05, 3.63) is 25.3 Å². The van der Waals surface area contributed by atoms with Crippen molar-refractivity contribution in [3.63, 3.8) is 0 Å². The fourth-order valence-electron chi connectivity index (χ4n) is 1.78. The summed E-state index contributed by atoms with van der Waals surface area (Å²) in [5.74, 6) is 0. The highest BCUT2D eigenvalue weighted by atomic mass is 16.5. The molecule has 1 aliphatic rings. The van der Waals surface area contributed by atoms with Gasteiger partial charge in [-0.1, -0.05) is 12.2 Å². The van der Waals surface area contributed by atoms with Gasteiger partial charge in [-0.2, -0.15) is 0 Å². The Balaban J connectivity index is 2.40. The van der Waals surface area contributed by atoms with E-state index in [1.807, 2.05) is 12.2 Å². The number of methoxy groups -OCH3 is 1. The molecule has 0 bridgehead atoms. The molecule has 1 rings (SSSR count). The van der Waals surface area contributed by atoms with Gasteiger partial charge in [0.2, 0.25) is 0 Å². The molecule has 0 amide bonds. The summed E-state index contributed by atoms with van der Waals surface area (Å²) >= 11 is 0. The van der Waals surface area contributed by atoms with Gasteiger partial charge in [0.15, 0.2) is 0 Å². The van der Waals surface area contributed by atoms with Gasteiger partial charge < -0.3 is 10.1 Å². The molecule has 16 heavy (non-hydrogen) atoms. The van der Waals surface area contributed by atoms with E-state index in [0.717, 1.165) is 32.3 Å². The maximum Gasteiger partial charge on any atom is 0.0630 e. The second kappa shape index (κ2) is 7.60. The Bertz CT molecular complexity index is 204. The van der Waals surface area contributed by atoms with Crippen LogP contribution in [0.4, 0.5) is 0 Å². The quantitative estimate of drug-likeness (QED) is 0.568. The van der Waals surface area contributed by atoms with Gasteiger partial charge in [-0.3, -0.25) is 4.90 Å². The monoisotopic (exact) mass is 224 g/mol. The molecular weight excluding hydrogens is 200 g/mol. The molecule has 92 valence electrons. The van der Waals surface area contributed by atoms with Crippen LogP contribution in [0.1, 0.15) is 12.8 Å². The molecular formula is C13H24N2O. The SMILES string of the molecule is C=CCN(CC=C)C(CNC1CC1)COC. The molecule has 1 aliphatic carbocycles. The van der Waals surface area contributed by atoms with Gasteiger partial charge in [-0.25, -0.2) is 0 Å². The molecule has 0 spiro atoms. The predicted octanol–water partition coefficient (Wildman–Crippen LogP) is 1.43. The fourth-order valence-corrected chi connectivity index (χ4v) is 1.78. The lowest BCUT2D eigenvalue weighted by molar-refractivity contribution is 0.103. The molecule has 1 fully saturated rings. The summed E-state index contributed by atoms with van der Waals surface area (Å²) in [5.41, 5.74) is 0. The third-order valence-electron chi connectivity index (χ3n) is 2.82. The van der Waals surface area contributed by atoms with E-state index in [1.54, 1.807) is 7.11 Å². The van der Waals surface area contributed by atoms with E-state index in [2.05, 4.69) is 23.4 Å². The lowest BCUT2D eigenvalue weighted by Gasteiger charge is -2.29. The molecule has 3 heteroatoms. The van der Waals surface area contributed by atoms with Crippen molar-refractivity contribution in [2.24, 2.45) is 0 Å². The zero-order valence-corrected chi connectivity index (χ0v) is 10.3. The Hall–Kier alpha value is -0.640. The van der Waals surface area contributed by atoms with Gasteiger partial charge in [0.25, 0.3) is 0 Å². The van der Waals surface area contributed by atoms with Gasteiger partial charge in [0.1, 0.15) is 0 Å². The van der Waals surface area contributed by atoms with Crippen LogP contribution in [0.3, 0.4) is 0 Å². The number of hydrogen-bond donors (Lipinski definition) is 1. The van der Waals surface area contributed by atoms with Gasteiger partial charge in [-0.05, 0) is 12.8 Å². The summed E-state index contributed by atoms with van der Waals surface area (Å²) in [7, 11) is 1.75. The second-order valence-electron chi connectivity index (χ2n) is 4.32. The molecule has 0 aromatic rings. The summed E-state index contributed by atoms with van der Waals surface area (Å²) in [6.07, 6.45) is 6.51. The Kier molecular flexibility index (Phi) is 6.38. The molecule has 3 nitrogen and oxygen atoms in total. The maximum atomic E-state index is 5.28. The smallest absolute Gasteiger partial charge is 0.0630 e. The highest BCUT2D eigenvalue weighted by molar-refractivity contribution is 4.88. The van der Waals surface area contributed by atoms with E-state index >= 15 is 0 Å². The van der Waals surface area contributed by atoms with Crippen LogP contribution in [0.15, 0.2) is 25.3 Å². The highest BCUT2D eigenvalue weighted by Gasteiger charge is 2.23. The van der Waals surface area contributed by atoms with E-state index in [4.69, 9.17) is 4.74 Å². The topological polar surface area (TPSA) is 24.5 Å². The van der Waals surface area contributed by atoms with Crippen LogP contribution in [0.25, 0.3) is 0 Å². The Morgan fingerprint density at radius 3 is 2.44 bits per heavy atom. The summed E-state index contributed by atoms with van der Waals surface area (Å²) < 4.78 is 5.28. The van der Waals surface area contributed by atoms with Crippen molar-refractivity contribution in [2.75, 3.05) is 33.4 Å². The Morgan fingerprint density at radius 2 is 2.00 bits per heavy atom. The molecule has 0 radical (unpaired) electrons. The largest absolute Gasteiger partial charge is 0.383 e. The number of rotatable bonds is 10. The second-order valence-corrected chi connectivity index (χ2v) is 4.32. The number of hydrogen-bond acceptors (Lipinski definition) is 3. The first-order valence-electron chi connectivity index (χ1n) is 6.00. The van der Waals surface area contributed by atoms with E-state index in [0.29, 0.717) is 6.04 Å². The molecule has 0 saturated heterocycles. The minimum absolute atomic E-state index is 0.404. The van der Waals surface area contributed by atoms with Gasteiger partial charge in [0.05, 0.1) is 6.61 Å². The number of ether oxygens (including phenoxy) is 1. The van der Waals surface area contributed by atoms with Crippen LogP contribution >= 0.6 is 0 Å². The van der Waals surface area contributed by atoms with Crippen LogP contribution in [0, 0.1) is 0 Å². The molecule has 0 heterocycles. The summed E-state index contributed by atoms with van der Waals surface area (Å²) in [5, 5.41) is 3.55. The van der Waals surface area contributed by atoms with E-state index in [9.17, 15) is 0 Å². The van der Waals surface area contributed by atoms with Gasteiger partial charge >= 0.3 is 0 Å². The zero-order valence-electron chi connectivity index (χ0n) is 10.3. The normalized spacial score (nSPS) is 17.4. The van der Waals surface area contributed by atoms with E-state index < -0.39 is 0 Å². The predicted molar refractivity (Wildman–Crippen MR) is 68.7 cm³/mol. The molecule has 1 unspecified atom stereocenters. The standard InChI is InChI=1S/C13H24N2O/c1-4-8-15(9-5-2)13(11-16-3)10-14-12-6-7-12/h4-5,12-14H,1-2,6-11H2,3H3. The molecule has 1 saturated carbocycles. The molecule has 1 atom stereocenters. The van der Waals surface area contributed by atoms with Crippen LogP contribution in [0.5, 0.6) is 0 Å². The number of nitrogens with zero attached hydrogens (tertiary/aromatic N) is 1. The average Bonchev–Trinajstić information content (AvgIpc) is 3.08. The van der Waals surface area contributed by atoms with Gasteiger partial charge in [-0.15, -0.1) is 13.2 Å². The minimum Gasteiger partial charge on any atom is -0.383 e. The first kappa shape index (κ1) is 13.4. The maximum absolute atomic E-state index is 5.28. The van der Waals surface area contributed by atoms with Crippen LogP contribution in [-0.4, -0.2) is 50.3 Å². The minimum atomic E-state index is 0.404. The summed E-state index contributed by atoms with van der Waals surface area (Å²) in [6.45, 7) is 11.1. The molecule has 0 aromatic heterocycles. The number of nitrogens with one attached hydrogen (secondary N) is 1. The molecule has 0 aliphatic heterocycles. The first-order valence-corrected chi connectivity index (χ1v) is 6.00. The third-order valence-corrected chi connectivity index (χ3v) is 2.82.